The average Bonchev–Trinajstić information content (AvgIpc) is 2.29. The molecule has 0 radical (unpaired) electrons. The minimum absolute atomic E-state index is 0.0228. The van der Waals surface area contributed by atoms with Gasteiger partial charge < -0.3 is 4.74 Å². The third kappa shape index (κ3) is 3.09. The predicted octanol–water partition coefficient (Wildman–Crippen LogP) is 1.92. The van der Waals surface area contributed by atoms with Crippen LogP contribution in [0.25, 0.3) is 6.08 Å². The molecule has 0 saturated heterocycles. The smallest absolute Gasteiger partial charge is 0.410 e. The van der Waals surface area contributed by atoms with Gasteiger partial charge in [0.25, 0.3) is 5.69 Å². The van der Waals surface area contributed by atoms with Gasteiger partial charge in [0.2, 0.25) is 0 Å². The van der Waals surface area contributed by atoms with Crippen molar-refractivity contribution in [3.63, 3.8) is 0 Å². The van der Waals surface area contributed by atoms with Crippen LogP contribution in [-0.2, 0) is 4.74 Å². The first-order chi connectivity index (χ1) is 7.65. The van der Waals surface area contributed by atoms with Crippen molar-refractivity contribution in [2.45, 2.75) is 0 Å². The van der Waals surface area contributed by atoms with Crippen LogP contribution in [-0.4, -0.2) is 18.1 Å². The van der Waals surface area contributed by atoms with Gasteiger partial charge in [0.15, 0.2) is 0 Å². The topological polar surface area (TPSA) is 81.5 Å². The normalized spacial score (nSPS) is 10.1. The molecule has 1 aromatic carbocycles. The van der Waals surface area contributed by atoms with Gasteiger partial charge in [0, 0.05) is 12.3 Å². The van der Waals surface area contributed by atoms with E-state index >= 15 is 0 Å². The van der Waals surface area contributed by atoms with Crippen molar-refractivity contribution in [2.24, 2.45) is 0 Å². The Balaban J connectivity index is 2.80. The van der Waals surface area contributed by atoms with E-state index in [1.165, 1.54) is 25.5 Å². The zero-order valence-corrected chi connectivity index (χ0v) is 8.54. The fourth-order valence-corrected chi connectivity index (χ4v) is 1.05. The summed E-state index contributed by atoms with van der Waals surface area (Å²) in [4.78, 5) is 20.8. The molecule has 6 heteroatoms. The Morgan fingerprint density at radius 1 is 1.50 bits per heavy atom. The molecule has 0 spiro atoms. The molecule has 1 aromatic rings. The van der Waals surface area contributed by atoms with Gasteiger partial charge in [-0.1, -0.05) is 12.1 Å². The molecule has 0 atom stereocenters. The van der Waals surface area contributed by atoms with Gasteiger partial charge in [-0.3, -0.25) is 15.4 Å². The Morgan fingerprint density at radius 2 is 2.19 bits per heavy atom. The highest BCUT2D eigenvalue weighted by molar-refractivity contribution is 5.70. The molecule has 0 aliphatic heterocycles. The van der Waals surface area contributed by atoms with Crippen LogP contribution in [0.4, 0.5) is 10.5 Å². The highest BCUT2D eigenvalue weighted by Crippen LogP contribution is 2.18. The molecule has 16 heavy (non-hydrogen) atoms. The lowest BCUT2D eigenvalue weighted by atomic mass is 10.2. The molecule has 84 valence electrons. The predicted molar refractivity (Wildman–Crippen MR) is 57.7 cm³/mol. The number of carbonyl (C=O) groups is 1. The number of hydrogen-bond acceptors (Lipinski definition) is 4. The molecule has 1 amide bonds. The lowest BCUT2D eigenvalue weighted by Gasteiger charge is -1.97. The summed E-state index contributed by atoms with van der Waals surface area (Å²) in [5.74, 6) is 0. The molecule has 6 nitrogen and oxygen atoms in total. The number of alkyl carbamates (subject to hydrolysis) is 1. The van der Waals surface area contributed by atoms with E-state index in [1.54, 1.807) is 18.2 Å². The van der Waals surface area contributed by atoms with Crippen LogP contribution in [0.1, 0.15) is 5.56 Å². The van der Waals surface area contributed by atoms with E-state index in [9.17, 15) is 14.9 Å². The van der Waals surface area contributed by atoms with Crippen LogP contribution >= 0.6 is 0 Å². The Kier molecular flexibility index (Phi) is 4.02. The molecule has 0 aromatic heterocycles. The first-order valence-corrected chi connectivity index (χ1v) is 4.39. The minimum Gasteiger partial charge on any atom is -0.453 e. The molecule has 0 unspecified atom stereocenters. The first kappa shape index (κ1) is 11.7. The summed E-state index contributed by atoms with van der Waals surface area (Å²) in [5, 5.41) is 12.9. The van der Waals surface area contributed by atoms with Crippen LogP contribution in [0.15, 0.2) is 30.5 Å². The lowest BCUT2D eigenvalue weighted by molar-refractivity contribution is -0.385. The van der Waals surface area contributed by atoms with E-state index in [-0.39, 0.29) is 5.69 Å². The van der Waals surface area contributed by atoms with E-state index < -0.39 is 11.0 Å². The standard InChI is InChI=1S/C10H10N2O4/c1-16-10(13)11-7-6-8-4-2-3-5-9(8)12(14)15/h2-7H,1H3,(H,11,13)/b7-6+. The highest BCUT2D eigenvalue weighted by Gasteiger charge is 2.08. The third-order valence-electron chi connectivity index (χ3n) is 1.78. The van der Waals surface area contributed by atoms with Crippen LogP contribution in [0.3, 0.4) is 0 Å². The molecule has 0 heterocycles. The second-order valence-corrected chi connectivity index (χ2v) is 2.79. The number of nitrogens with one attached hydrogen (secondary N) is 1. The number of methoxy groups -OCH3 is 1. The van der Waals surface area contributed by atoms with E-state index in [1.807, 2.05) is 0 Å². The summed E-state index contributed by atoms with van der Waals surface area (Å²) < 4.78 is 4.33. The van der Waals surface area contributed by atoms with Crippen LogP contribution in [0.5, 0.6) is 0 Å². The van der Waals surface area contributed by atoms with Gasteiger partial charge in [0.1, 0.15) is 0 Å². The molecular formula is C10H10N2O4. The van der Waals surface area contributed by atoms with Crippen molar-refractivity contribution in [3.8, 4) is 0 Å². The monoisotopic (exact) mass is 222 g/mol. The molecule has 0 aliphatic carbocycles. The van der Waals surface area contributed by atoms with Crippen molar-refractivity contribution in [1.29, 1.82) is 0 Å². The summed E-state index contributed by atoms with van der Waals surface area (Å²) in [7, 11) is 1.23. The van der Waals surface area contributed by atoms with Crippen LogP contribution < -0.4 is 5.32 Å². The van der Waals surface area contributed by atoms with Crippen molar-refractivity contribution < 1.29 is 14.5 Å². The summed E-state index contributed by atoms with van der Waals surface area (Å²) in [6.45, 7) is 0. The lowest BCUT2D eigenvalue weighted by Crippen LogP contribution is -2.15. The van der Waals surface area contributed by atoms with Crippen LogP contribution in [0.2, 0.25) is 0 Å². The third-order valence-corrected chi connectivity index (χ3v) is 1.78. The molecule has 1 N–H and O–H groups in total. The Labute approximate surface area is 91.7 Å². The summed E-state index contributed by atoms with van der Waals surface area (Å²) in [5.41, 5.74) is 0.384. The van der Waals surface area contributed by atoms with Gasteiger partial charge in [0.05, 0.1) is 17.6 Å². The number of ether oxygens (including phenoxy) is 1. The zero-order valence-electron chi connectivity index (χ0n) is 8.54. The minimum atomic E-state index is -0.630. The summed E-state index contributed by atoms with van der Waals surface area (Å²) in [6, 6.07) is 6.21. The van der Waals surface area contributed by atoms with E-state index in [4.69, 9.17) is 0 Å². The number of hydrogen-bond donors (Lipinski definition) is 1. The number of rotatable bonds is 3. The molecule has 0 fully saturated rings. The maximum absolute atomic E-state index is 10.7. The van der Waals surface area contributed by atoms with Crippen molar-refractivity contribution >= 4 is 17.9 Å². The van der Waals surface area contributed by atoms with Gasteiger partial charge >= 0.3 is 6.09 Å². The van der Waals surface area contributed by atoms with E-state index in [0.717, 1.165) is 0 Å². The van der Waals surface area contributed by atoms with Crippen molar-refractivity contribution in [3.05, 3.63) is 46.1 Å². The fraction of sp³-hybridized carbons (Fsp3) is 0.100. The molecule has 0 saturated carbocycles. The highest BCUT2D eigenvalue weighted by atomic mass is 16.6. The number of nitro benzene ring substituents is 1. The Hall–Kier alpha value is -2.37. The largest absolute Gasteiger partial charge is 0.453 e. The molecule has 0 aliphatic rings. The second kappa shape index (κ2) is 5.50. The number of para-hydroxylation sites is 1. The number of benzene rings is 1. The van der Waals surface area contributed by atoms with Gasteiger partial charge in [-0.15, -0.1) is 0 Å². The first-order valence-electron chi connectivity index (χ1n) is 4.39. The molecular weight excluding hydrogens is 212 g/mol. The zero-order chi connectivity index (χ0) is 12.0. The maximum Gasteiger partial charge on any atom is 0.410 e. The summed E-state index contributed by atoms with van der Waals surface area (Å²) >= 11 is 0. The second-order valence-electron chi connectivity index (χ2n) is 2.79. The van der Waals surface area contributed by atoms with Crippen molar-refractivity contribution in [2.75, 3.05) is 7.11 Å². The molecule has 1 rings (SSSR count). The number of amides is 1. The maximum atomic E-state index is 10.7. The van der Waals surface area contributed by atoms with Gasteiger partial charge in [-0.25, -0.2) is 4.79 Å². The van der Waals surface area contributed by atoms with Crippen LogP contribution in [0, 0.1) is 10.1 Å². The number of carbonyl (C=O) groups excluding carboxylic acids is 1. The van der Waals surface area contributed by atoms with Gasteiger partial charge in [-0.05, 0) is 12.1 Å². The summed E-state index contributed by atoms with van der Waals surface area (Å²) in [6.07, 6.45) is 2.08. The SMILES string of the molecule is COC(=O)N/C=C/c1ccccc1[N+](=O)[O-]. The quantitative estimate of drug-likeness (QED) is 0.625. The number of nitro groups is 1. The molecule has 0 bridgehead atoms. The number of nitrogens with zero attached hydrogens (tertiary/aromatic N) is 1. The Morgan fingerprint density at radius 3 is 2.81 bits per heavy atom. The fourth-order valence-electron chi connectivity index (χ4n) is 1.05. The van der Waals surface area contributed by atoms with Crippen molar-refractivity contribution in [1.82, 2.24) is 5.32 Å². The Bertz CT molecular complexity index is 429. The van der Waals surface area contributed by atoms with E-state index in [0.29, 0.717) is 5.56 Å². The average molecular weight is 222 g/mol. The van der Waals surface area contributed by atoms with E-state index in [2.05, 4.69) is 10.1 Å². The van der Waals surface area contributed by atoms with Gasteiger partial charge in [-0.2, -0.15) is 0 Å².